The number of nitrogens with zero attached hydrogens (tertiary/aromatic N) is 2. The second kappa shape index (κ2) is 5.42. The number of hydrogen-bond donors (Lipinski definition) is 1. The van der Waals surface area contributed by atoms with Crippen LogP contribution in [0.4, 0.5) is 0 Å². The minimum atomic E-state index is -0.0923. The molecular weight excluding hydrogens is 278 g/mol. The highest BCUT2D eigenvalue weighted by Gasteiger charge is 2.20. The van der Waals surface area contributed by atoms with Crippen LogP contribution in [0.15, 0.2) is 47.4 Å². The second-order valence-electron chi connectivity index (χ2n) is 5.69. The predicted molar refractivity (Wildman–Crippen MR) is 84.7 cm³/mol. The molecule has 5 nitrogen and oxygen atoms in total. The van der Waals surface area contributed by atoms with Crippen molar-refractivity contribution in [3.8, 4) is 11.3 Å². The molecule has 2 aromatic heterocycles. The number of H-pyrrole nitrogens is 1. The third kappa shape index (κ3) is 2.23. The van der Waals surface area contributed by atoms with Gasteiger partial charge in [0.1, 0.15) is 5.69 Å². The van der Waals surface area contributed by atoms with Crippen molar-refractivity contribution in [2.45, 2.75) is 13.0 Å². The van der Waals surface area contributed by atoms with Crippen LogP contribution in [-0.2, 0) is 11.3 Å². The van der Waals surface area contributed by atoms with Gasteiger partial charge >= 0.3 is 0 Å². The molecule has 112 valence electrons. The van der Waals surface area contributed by atoms with E-state index in [-0.39, 0.29) is 5.56 Å². The SMILES string of the molecule is O=c1[nH]ccc2c1c(-c1ccccc1)nn2CC1CCOC1. The van der Waals surface area contributed by atoms with Gasteiger partial charge in [-0.05, 0) is 12.5 Å². The molecule has 0 bridgehead atoms. The van der Waals surface area contributed by atoms with Gasteiger partial charge in [-0.1, -0.05) is 30.3 Å². The van der Waals surface area contributed by atoms with E-state index in [2.05, 4.69) is 4.98 Å². The van der Waals surface area contributed by atoms with Gasteiger partial charge in [0.25, 0.3) is 5.56 Å². The molecule has 1 aliphatic rings. The molecule has 0 aliphatic carbocycles. The molecule has 0 saturated carbocycles. The molecule has 5 heteroatoms. The molecule has 1 N–H and O–H groups in total. The number of aromatic amines is 1. The first kappa shape index (κ1) is 13.3. The van der Waals surface area contributed by atoms with Crippen molar-refractivity contribution < 1.29 is 4.74 Å². The van der Waals surface area contributed by atoms with Crippen molar-refractivity contribution in [3.05, 3.63) is 52.9 Å². The summed E-state index contributed by atoms with van der Waals surface area (Å²) in [5, 5.41) is 5.38. The van der Waals surface area contributed by atoms with Crippen LogP contribution < -0.4 is 5.56 Å². The summed E-state index contributed by atoms with van der Waals surface area (Å²) >= 11 is 0. The van der Waals surface area contributed by atoms with Gasteiger partial charge in [-0.3, -0.25) is 9.48 Å². The van der Waals surface area contributed by atoms with Crippen LogP contribution in [0, 0.1) is 5.92 Å². The van der Waals surface area contributed by atoms with E-state index in [1.54, 1.807) is 6.20 Å². The van der Waals surface area contributed by atoms with Gasteiger partial charge in [-0.25, -0.2) is 0 Å². The Morgan fingerprint density at radius 1 is 1.27 bits per heavy atom. The summed E-state index contributed by atoms with van der Waals surface area (Å²) in [6, 6.07) is 11.8. The van der Waals surface area contributed by atoms with E-state index in [4.69, 9.17) is 9.84 Å². The summed E-state index contributed by atoms with van der Waals surface area (Å²) < 4.78 is 7.40. The number of benzene rings is 1. The Labute approximate surface area is 127 Å². The molecule has 3 heterocycles. The van der Waals surface area contributed by atoms with E-state index in [1.165, 1.54) is 0 Å². The van der Waals surface area contributed by atoms with Crippen LogP contribution in [0.5, 0.6) is 0 Å². The Morgan fingerprint density at radius 3 is 2.91 bits per heavy atom. The molecule has 0 radical (unpaired) electrons. The monoisotopic (exact) mass is 295 g/mol. The maximum Gasteiger partial charge on any atom is 0.259 e. The van der Waals surface area contributed by atoms with Gasteiger partial charge in [-0.2, -0.15) is 5.10 Å². The largest absolute Gasteiger partial charge is 0.381 e. The van der Waals surface area contributed by atoms with E-state index in [0.717, 1.165) is 43.0 Å². The lowest BCUT2D eigenvalue weighted by Gasteiger charge is -2.08. The van der Waals surface area contributed by atoms with Crippen molar-refractivity contribution in [1.29, 1.82) is 0 Å². The van der Waals surface area contributed by atoms with Crippen molar-refractivity contribution in [1.82, 2.24) is 14.8 Å². The first-order chi connectivity index (χ1) is 10.8. The van der Waals surface area contributed by atoms with Crippen LogP contribution in [0.3, 0.4) is 0 Å². The summed E-state index contributed by atoms with van der Waals surface area (Å²) in [7, 11) is 0. The Morgan fingerprint density at radius 2 is 2.14 bits per heavy atom. The zero-order valence-corrected chi connectivity index (χ0v) is 12.2. The zero-order chi connectivity index (χ0) is 14.9. The molecule has 1 unspecified atom stereocenters. The highest BCUT2D eigenvalue weighted by Crippen LogP contribution is 2.26. The zero-order valence-electron chi connectivity index (χ0n) is 12.2. The van der Waals surface area contributed by atoms with Crippen molar-refractivity contribution in [2.75, 3.05) is 13.2 Å². The molecule has 1 saturated heterocycles. The molecule has 1 atom stereocenters. The van der Waals surface area contributed by atoms with Gasteiger partial charge in [0.15, 0.2) is 0 Å². The molecule has 0 amide bonds. The molecule has 4 rings (SSSR count). The van der Waals surface area contributed by atoms with Crippen LogP contribution in [0.1, 0.15) is 6.42 Å². The predicted octanol–water partition coefficient (Wildman–Crippen LogP) is 2.43. The number of ether oxygens (including phenoxy) is 1. The fourth-order valence-electron chi connectivity index (χ4n) is 3.05. The van der Waals surface area contributed by atoms with Crippen molar-refractivity contribution in [2.24, 2.45) is 5.92 Å². The lowest BCUT2D eigenvalue weighted by Crippen LogP contribution is -2.12. The minimum Gasteiger partial charge on any atom is -0.381 e. The van der Waals surface area contributed by atoms with Gasteiger partial charge in [0.2, 0.25) is 0 Å². The highest BCUT2D eigenvalue weighted by atomic mass is 16.5. The third-order valence-corrected chi connectivity index (χ3v) is 4.18. The number of pyridine rings is 1. The van der Waals surface area contributed by atoms with E-state index in [0.29, 0.717) is 11.3 Å². The summed E-state index contributed by atoms with van der Waals surface area (Å²) in [5.41, 5.74) is 2.50. The average Bonchev–Trinajstić information content (AvgIpc) is 3.18. The Bertz CT molecular complexity index is 845. The van der Waals surface area contributed by atoms with Gasteiger partial charge in [-0.15, -0.1) is 0 Å². The highest BCUT2D eigenvalue weighted by molar-refractivity contribution is 5.92. The Kier molecular flexibility index (Phi) is 3.27. The first-order valence-electron chi connectivity index (χ1n) is 7.54. The van der Waals surface area contributed by atoms with Gasteiger partial charge in [0.05, 0.1) is 17.5 Å². The number of nitrogens with one attached hydrogen (secondary N) is 1. The fourth-order valence-corrected chi connectivity index (χ4v) is 3.05. The van der Waals surface area contributed by atoms with Gasteiger partial charge in [0, 0.05) is 30.8 Å². The summed E-state index contributed by atoms with van der Waals surface area (Å²) in [6.45, 7) is 2.37. The molecule has 0 spiro atoms. The summed E-state index contributed by atoms with van der Waals surface area (Å²) in [4.78, 5) is 15.0. The van der Waals surface area contributed by atoms with E-state index in [1.807, 2.05) is 41.1 Å². The topological polar surface area (TPSA) is 59.9 Å². The number of fused-ring (bicyclic) bond motifs is 1. The Balaban J connectivity index is 1.88. The molecule has 1 aliphatic heterocycles. The normalized spacial score (nSPS) is 18.1. The average molecular weight is 295 g/mol. The standard InChI is InChI=1S/C17H17N3O2/c21-17-15-14(6-8-18-17)20(10-12-7-9-22-11-12)19-16(15)13-4-2-1-3-5-13/h1-6,8,12H,7,9-11H2,(H,18,21). The fraction of sp³-hybridized carbons (Fsp3) is 0.294. The number of hydrogen-bond acceptors (Lipinski definition) is 3. The van der Waals surface area contributed by atoms with E-state index in [9.17, 15) is 4.79 Å². The Hall–Kier alpha value is -2.40. The molecule has 3 aromatic rings. The van der Waals surface area contributed by atoms with Crippen LogP contribution in [-0.4, -0.2) is 28.0 Å². The maximum absolute atomic E-state index is 12.3. The third-order valence-electron chi connectivity index (χ3n) is 4.18. The van der Waals surface area contributed by atoms with Crippen molar-refractivity contribution in [3.63, 3.8) is 0 Å². The van der Waals surface area contributed by atoms with E-state index >= 15 is 0 Å². The van der Waals surface area contributed by atoms with Crippen LogP contribution in [0.25, 0.3) is 22.2 Å². The molecule has 1 aromatic carbocycles. The minimum absolute atomic E-state index is 0.0923. The van der Waals surface area contributed by atoms with Crippen LogP contribution in [0.2, 0.25) is 0 Å². The first-order valence-corrected chi connectivity index (χ1v) is 7.54. The number of aromatic nitrogens is 3. The smallest absolute Gasteiger partial charge is 0.259 e. The summed E-state index contributed by atoms with van der Waals surface area (Å²) in [6.07, 6.45) is 2.73. The molecule has 1 fully saturated rings. The van der Waals surface area contributed by atoms with E-state index < -0.39 is 0 Å². The summed E-state index contributed by atoms with van der Waals surface area (Å²) in [5.74, 6) is 0.464. The lowest BCUT2D eigenvalue weighted by molar-refractivity contribution is 0.182. The number of rotatable bonds is 3. The van der Waals surface area contributed by atoms with Crippen molar-refractivity contribution >= 4 is 10.9 Å². The quantitative estimate of drug-likeness (QED) is 0.807. The second-order valence-corrected chi connectivity index (χ2v) is 5.69. The molecular formula is C17H17N3O2. The van der Waals surface area contributed by atoms with Crippen LogP contribution >= 0.6 is 0 Å². The van der Waals surface area contributed by atoms with Gasteiger partial charge < -0.3 is 9.72 Å². The molecule has 22 heavy (non-hydrogen) atoms. The lowest BCUT2D eigenvalue weighted by atomic mass is 10.1. The maximum atomic E-state index is 12.3.